The average Bonchev–Trinajstić information content (AvgIpc) is 2.94. The molecule has 1 fully saturated rings. The van der Waals surface area contributed by atoms with Crippen LogP contribution in [-0.2, 0) is 0 Å². The number of benzene rings is 3. The van der Waals surface area contributed by atoms with Gasteiger partial charge < -0.3 is 5.11 Å². The van der Waals surface area contributed by atoms with E-state index in [2.05, 4.69) is 59.5 Å². The molecule has 1 N–H and O–H groups in total. The van der Waals surface area contributed by atoms with Crippen molar-refractivity contribution in [3.8, 4) is 5.75 Å². The van der Waals surface area contributed by atoms with Gasteiger partial charge in [0.05, 0.1) is 6.04 Å². The maximum atomic E-state index is 10.8. The van der Waals surface area contributed by atoms with Gasteiger partial charge in [0.15, 0.2) is 0 Å². The Hall–Kier alpha value is -2.32. The maximum absolute atomic E-state index is 10.8. The van der Waals surface area contributed by atoms with Crippen LogP contribution in [-0.4, -0.2) is 23.1 Å². The van der Waals surface area contributed by atoms with Crippen LogP contribution in [0.15, 0.2) is 66.7 Å². The summed E-state index contributed by atoms with van der Waals surface area (Å²) in [4.78, 5) is 2.56. The van der Waals surface area contributed by atoms with E-state index in [0.29, 0.717) is 5.75 Å². The van der Waals surface area contributed by atoms with Crippen LogP contribution in [0.5, 0.6) is 5.75 Å². The summed E-state index contributed by atoms with van der Waals surface area (Å²) in [6.07, 6.45) is 5.07. The molecule has 25 heavy (non-hydrogen) atoms. The standard InChI is InChI=1S/C23H25NO/c25-21-15-14-18-10-6-7-13-20(18)22(21)23(19-11-4-3-5-12-19)24-16-8-1-2-9-17-24/h3-7,10-15,23,25H,1-2,8-9,16-17H2/t23-/m0/s1. The maximum Gasteiger partial charge on any atom is 0.121 e. The van der Waals surface area contributed by atoms with Crippen molar-refractivity contribution in [2.45, 2.75) is 31.7 Å². The molecule has 2 heteroatoms. The molecule has 2 nitrogen and oxygen atoms in total. The highest BCUT2D eigenvalue weighted by atomic mass is 16.3. The van der Waals surface area contributed by atoms with Gasteiger partial charge in [-0.05, 0) is 48.3 Å². The number of rotatable bonds is 3. The molecule has 1 heterocycles. The molecule has 0 unspecified atom stereocenters. The van der Waals surface area contributed by atoms with Crippen LogP contribution in [0.3, 0.4) is 0 Å². The van der Waals surface area contributed by atoms with Gasteiger partial charge in [-0.2, -0.15) is 0 Å². The first-order valence-corrected chi connectivity index (χ1v) is 9.34. The normalized spacial score (nSPS) is 17.3. The van der Waals surface area contributed by atoms with Crippen molar-refractivity contribution in [3.05, 3.63) is 77.9 Å². The molecule has 3 aromatic rings. The van der Waals surface area contributed by atoms with Crippen molar-refractivity contribution >= 4 is 10.8 Å². The number of aromatic hydroxyl groups is 1. The molecule has 128 valence electrons. The van der Waals surface area contributed by atoms with Crippen LogP contribution in [0, 0.1) is 0 Å². The molecule has 0 radical (unpaired) electrons. The molecule has 0 saturated carbocycles. The molecule has 1 aliphatic rings. The van der Waals surface area contributed by atoms with E-state index in [1.165, 1.54) is 36.6 Å². The van der Waals surface area contributed by atoms with Crippen molar-refractivity contribution in [2.24, 2.45) is 0 Å². The summed E-state index contributed by atoms with van der Waals surface area (Å²) in [7, 11) is 0. The van der Waals surface area contributed by atoms with Crippen molar-refractivity contribution in [1.29, 1.82) is 0 Å². The molecule has 0 aliphatic carbocycles. The molecule has 1 aliphatic heterocycles. The highest BCUT2D eigenvalue weighted by molar-refractivity contribution is 5.88. The first-order chi connectivity index (χ1) is 12.3. The summed E-state index contributed by atoms with van der Waals surface area (Å²) in [5.74, 6) is 0.400. The first kappa shape index (κ1) is 16.2. The molecule has 4 rings (SSSR count). The predicted molar refractivity (Wildman–Crippen MR) is 104 cm³/mol. The van der Waals surface area contributed by atoms with Gasteiger partial charge in [0.2, 0.25) is 0 Å². The molecule has 0 amide bonds. The van der Waals surface area contributed by atoms with E-state index in [4.69, 9.17) is 0 Å². The van der Waals surface area contributed by atoms with Gasteiger partial charge in [-0.1, -0.05) is 73.5 Å². The highest BCUT2D eigenvalue weighted by Crippen LogP contribution is 2.40. The lowest BCUT2D eigenvalue weighted by molar-refractivity contribution is 0.232. The summed E-state index contributed by atoms with van der Waals surface area (Å²) < 4.78 is 0. The van der Waals surface area contributed by atoms with Gasteiger partial charge in [-0.3, -0.25) is 4.90 Å². The molecule has 1 atom stereocenters. The van der Waals surface area contributed by atoms with Gasteiger partial charge >= 0.3 is 0 Å². The van der Waals surface area contributed by atoms with Gasteiger partial charge in [-0.15, -0.1) is 0 Å². The number of likely N-dealkylation sites (tertiary alicyclic amines) is 1. The molecular weight excluding hydrogens is 306 g/mol. The first-order valence-electron chi connectivity index (χ1n) is 9.34. The third-order valence-electron chi connectivity index (χ3n) is 5.34. The molecule has 0 aromatic heterocycles. The zero-order chi connectivity index (χ0) is 17.1. The number of phenols is 1. The number of fused-ring (bicyclic) bond motifs is 1. The SMILES string of the molecule is Oc1ccc2ccccc2c1[C@H](c1ccccc1)N1CCCCCC1. The summed E-state index contributed by atoms with van der Waals surface area (Å²) in [5.41, 5.74) is 2.31. The smallest absolute Gasteiger partial charge is 0.121 e. The van der Waals surface area contributed by atoms with Crippen LogP contribution in [0.1, 0.15) is 42.9 Å². The minimum absolute atomic E-state index is 0.102. The molecule has 1 saturated heterocycles. The number of phenolic OH excluding ortho intramolecular Hbond substituents is 1. The fourth-order valence-electron chi connectivity index (χ4n) is 4.12. The number of hydrogen-bond donors (Lipinski definition) is 1. The lowest BCUT2D eigenvalue weighted by Crippen LogP contribution is -2.30. The fraction of sp³-hybridized carbons (Fsp3) is 0.304. The van der Waals surface area contributed by atoms with E-state index < -0.39 is 0 Å². The fourth-order valence-corrected chi connectivity index (χ4v) is 4.12. The Morgan fingerprint density at radius 2 is 1.40 bits per heavy atom. The largest absolute Gasteiger partial charge is 0.508 e. The van der Waals surface area contributed by atoms with Gasteiger partial charge in [0.25, 0.3) is 0 Å². The Kier molecular flexibility index (Phi) is 4.71. The zero-order valence-electron chi connectivity index (χ0n) is 14.6. The zero-order valence-corrected chi connectivity index (χ0v) is 14.6. The third-order valence-corrected chi connectivity index (χ3v) is 5.34. The summed E-state index contributed by atoms with van der Waals surface area (Å²) >= 11 is 0. The van der Waals surface area contributed by atoms with Gasteiger partial charge in [-0.25, -0.2) is 0 Å². The van der Waals surface area contributed by atoms with E-state index in [9.17, 15) is 5.11 Å². The van der Waals surface area contributed by atoms with Crippen molar-refractivity contribution in [1.82, 2.24) is 4.90 Å². The van der Waals surface area contributed by atoms with Gasteiger partial charge in [0.1, 0.15) is 5.75 Å². The quantitative estimate of drug-likeness (QED) is 0.684. The number of hydrogen-bond acceptors (Lipinski definition) is 2. The van der Waals surface area contributed by atoms with Crippen molar-refractivity contribution < 1.29 is 5.11 Å². The lowest BCUT2D eigenvalue weighted by atomic mass is 9.91. The Morgan fingerprint density at radius 1 is 0.720 bits per heavy atom. The topological polar surface area (TPSA) is 23.5 Å². The lowest BCUT2D eigenvalue weighted by Gasteiger charge is -2.32. The molecular formula is C23H25NO. The van der Waals surface area contributed by atoms with E-state index in [1.807, 2.05) is 12.1 Å². The van der Waals surface area contributed by atoms with Crippen molar-refractivity contribution in [3.63, 3.8) is 0 Å². The Morgan fingerprint density at radius 3 is 2.16 bits per heavy atom. The minimum atomic E-state index is 0.102. The van der Waals surface area contributed by atoms with E-state index >= 15 is 0 Å². The van der Waals surface area contributed by atoms with Crippen LogP contribution < -0.4 is 0 Å². The van der Waals surface area contributed by atoms with E-state index in [0.717, 1.165) is 24.0 Å². The second-order valence-electron chi connectivity index (χ2n) is 6.98. The van der Waals surface area contributed by atoms with E-state index in [-0.39, 0.29) is 6.04 Å². The average molecular weight is 331 g/mol. The van der Waals surface area contributed by atoms with Gasteiger partial charge in [0, 0.05) is 5.56 Å². The highest BCUT2D eigenvalue weighted by Gasteiger charge is 2.27. The predicted octanol–water partition coefficient (Wildman–Crippen LogP) is 5.51. The van der Waals surface area contributed by atoms with E-state index in [1.54, 1.807) is 0 Å². The second-order valence-corrected chi connectivity index (χ2v) is 6.98. The monoisotopic (exact) mass is 331 g/mol. The van der Waals surface area contributed by atoms with Crippen molar-refractivity contribution in [2.75, 3.05) is 13.1 Å². The Balaban J connectivity index is 1.90. The second kappa shape index (κ2) is 7.28. The Bertz CT molecular complexity index is 835. The number of nitrogens with zero attached hydrogens (tertiary/aromatic N) is 1. The van der Waals surface area contributed by atoms with Crippen LogP contribution in [0.25, 0.3) is 10.8 Å². The summed E-state index contributed by atoms with van der Waals surface area (Å²) in [6, 6.07) is 23.0. The third kappa shape index (κ3) is 3.27. The summed E-state index contributed by atoms with van der Waals surface area (Å²) in [6.45, 7) is 2.17. The minimum Gasteiger partial charge on any atom is -0.508 e. The molecule has 3 aromatic carbocycles. The van der Waals surface area contributed by atoms with Crippen LogP contribution in [0.2, 0.25) is 0 Å². The molecule has 0 bridgehead atoms. The van der Waals surface area contributed by atoms with Crippen LogP contribution in [0.4, 0.5) is 0 Å². The molecule has 0 spiro atoms. The Labute approximate surface area is 149 Å². The van der Waals surface area contributed by atoms with Crippen LogP contribution >= 0.6 is 0 Å². The summed E-state index contributed by atoms with van der Waals surface area (Å²) in [5, 5.41) is 13.2.